The molecule has 5 aromatic carbocycles. The summed E-state index contributed by atoms with van der Waals surface area (Å²) in [5.74, 6) is 0.717. The first kappa shape index (κ1) is 29.9. The minimum absolute atomic E-state index is 0. The van der Waals surface area contributed by atoms with Gasteiger partial charge in [0, 0.05) is 37.4 Å². The zero-order valence-electron chi connectivity index (χ0n) is 24.9. The first-order chi connectivity index (χ1) is 22.8. The van der Waals surface area contributed by atoms with Crippen LogP contribution in [0.4, 0.5) is 0 Å². The van der Waals surface area contributed by atoms with E-state index in [1.54, 1.807) is 12.4 Å². The minimum Gasteiger partial charge on any atom is -0.501 e. The van der Waals surface area contributed by atoms with Crippen LogP contribution < -0.4 is 0 Å². The molecule has 0 aliphatic rings. The Morgan fingerprint density at radius 1 is 0.638 bits per heavy atom. The summed E-state index contributed by atoms with van der Waals surface area (Å²) in [6.07, 6.45) is 3.45. The Bertz CT molecular complexity index is 2370. The third-order valence-corrected chi connectivity index (χ3v) is 7.76. The second kappa shape index (κ2) is 13.3. The summed E-state index contributed by atoms with van der Waals surface area (Å²) in [6, 6.07) is 52.8. The van der Waals surface area contributed by atoms with Gasteiger partial charge in [-0.05, 0) is 47.2 Å². The Morgan fingerprint density at radius 3 is 2.23 bits per heavy atom. The van der Waals surface area contributed by atoms with E-state index in [9.17, 15) is 0 Å². The normalized spacial score (nSPS) is 10.8. The van der Waals surface area contributed by atoms with E-state index < -0.39 is 0 Å². The van der Waals surface area contributed by atoms with Gasteiger partial charge in [-0.1, -0.05) is 83.7 Å². The Labute approximate surface area is 284 Å². The summed E-state index contributed by atoms with van der Waals surface area (Å²) in [5, 5.41) is 10.6. The van der Waals surface area contributed by atoms with Crippen molar-refractivity contribution >= 4 is 33.1 Å². The molecule has 0 bridgehead atoms. The van der Waals surface area contributed by atoms with Crippen molar-refractivity contribution in [1.29, 1.82) is 0 Å². The van der Waals surface area contributed by atoms with E-state index in [1.165, 1.54) is 0 Å². The van der Waals surface area contributed by atoms with Gasteiger partial charge in [0.2, 0.25) is 0 Å². The van der Waals surface area contributed by atoms with Gasteiger partial charge in [0.25, 0.3) is 0 Å². The first-order valence-electron chi connectivity index (χ1n) is 14.9. The number of imidazole rings is 1. The molecule has 0 amide bonds. The predicted molar refractivity (Wildman–Crippen MR) is 182 cm³/mol. The number of hydrogen-bond acceptors (Lipinski definition) is 5. The van der Waals surface area contributed by atoms with Crippen molar-refractivity contribution in [3.8, 4) is 39.5 Å². The molecule has 6 nitrogen and oxygen atoms in total. The molecule has 0 aliphatic heterocycles. The van der Waals surface area contributed by atoms with Crippen LogP contribution in [0.1, 0.15) is 0 Å². The van der Waals surface area contributed by atoms with Crippen molar-refractivity contribution in [1.82, 2.24) is 24.7 Å². The molecule has 0 saturated heterocycles. The maximum absolute atomic E-state index is 6.47. The number of pyridine rings is 1. The molecule has 0 aliphatic carbocycles. The molecule has 0 spiro atoms. The standard InChI is InChI=1S/C29H17N4O.C11H8N.Ir/c1-3-8-19(9-4-1)20-14-15-22-23-12-7-13-24(27(23)34-26(22)18-20)28-31-25-16-17-30-32-29(25)33(28)21-10-5-2-6-11-21;1-2-6-10(7-3-1)11-8-4-5-9-12-11;/h1-12,14-18H;1-6,8-9H;/q2*-1;. The van der Waals surface area contributed by atoms with Crippen LogP contribution in [0.2, 0.25) is 0 Å². The molecule has 4 heterocycles. The molecular formula is C40H25IrN5O-2. The third kappa shape index (κ3) is 5.86. The number of para-hydroxylation sites is 1. The van der Waals surface area contributed by atoms with E-state index in [-0.39, 0.29) is 20.1 Å². The van der Waals surface area contributed by atoms with Crippen LogP contribution in [0.25, 0.3) is 72.6 Å². The second-order valence-corrected chi connectivity index (χ2v) is 10.6. The maximum atomic E-state index is 6.47. The van der Waals surface area contributed by atoms with Gasteiger partial charge in [0.15, 0.2) is 5.65 Å². The molecule has 227 valence electrons. The summed E-state index contributed by atoms with van der Waals surface area (Å²) < 4.78 is 8.48. The zero-order valence-corrected chi connectivity index (χ0v) is 27.3. The maximum Gasteiger partial charge on any atom is 0.178 e. The quantitative estimate of drug-likeness (QED) is 0.167. The fraction of sp³-hybridized carbons (Fsp3) is 0. The predicted octanol–water partition coefficient (Wildman–Crippen LogP) is 9.40. The molecule has 0 unspecified atom stereocenters. The van der Waals surface area contributed by atoms with Crippen molar-refractivity contribution in [3.63, 3.8) is 0 Å². The third-order valence-electron chi connectivity index (χ3n) is 7.76. The summed E-state index contributed by atoms with van der Waals surface area (Å²) >= 11 is 0. The Kier molecular flexibility index (Phi) is 8.48. The number of aromatic nitrogens is 5. The summed E-state index contributed by atoms with van der Waals surface area (Å²) in [7, 11) is 0. The van der Waals surface area contributed by atoms with Crippen LogP contribution in [0.3, 0.4) is 0 Å². The van der Waals surface area contributed by atoms with Gasteiger partial charge in [-0.25, -0.2) is 0 Å². The molecule has 0 fully saturated rings. The molecule has 7 heteroatoms. The van der Waals surface area contributed by atoms with Crippen LogP contribution >= 0.6 is 0 Å². The molecule has 0 N–H and O–H groups in total. The van der Waals surface area contributed by atoms with Crippen LogP contribution in [0, 0.1) is 12.1 Å². The fourth-order valence-electron chi connectivity index (χ4n) is 5.61. The monoisotopic (exact) mass is 784 g/mol. The van der Waals surface area contributed by atoms with Gasteiger partial charge >= 0.3 is 0 Å². The van der Waals surface area contributed by atoms with E-state index in [1.807, 2.05) is 114 Å². The number of benzene rings is 5. The molecule has 0 saturated carbocycles. The van der Waals surface area contributed by atoms with Gasteiger partial charge in [-0.2, -0.15) is 5.10 Å². The van der Waals surface area contributed by atoms with E-state index in [4.69, 9.17) is 9.40 Å². The molecule has 0 atom stereocenters. The summed E-state index contributed by atoms with van der Waals surface area (Å²) in [4.78, 5) is 9.13. The summed E-state index contributed by atoms with van der Waals surface area (Å²) in [6.45, 7) is 0. The Balaban J connectivity index is 0.000000228. The average molecular weight is 784 g/mol. The number of nitrogens with zero attached hydrogens (tertiary/aromatic N) is 5. The fourth-order valence-corrected chi connectivity index (χ4v) is 5.61. The van der Waals surface area contributed by atoms with Gasteiger partial charge < -0.3 is 14.0 Å². The van der Waals surface area contributed by atoms with Gasteiger partial charge in [-0.15, -0.1) is 59.2 Å². The van der Waals surface area contributed by atoms with E-state index in [2.05, 4.69) is 57.6 Å². The van der Waals surface area contributed by atoms with Gasteiger partial charge in [-0.3, -0.25) is 4.98 Å². The van der Waals surface area contributed by atoms with Crippen molar-refractivity contribution in [2.75, 3.05) is 0 Å². The van der Waals surface area contributed by atoms with E-state index >= 15 is 0 Å². The van der Waals surface area contributed by atoms with Crippen LogP contribution in [-0.2, 0) is 20.1 Å². The molecule has 47 heavy (non-hydrogen) atoms. The second-order valence-electron chi connectivity index (χ2n) is 10.6. The number of fused-ring (bicyclic) bond motifs is 4. The van der Waals surface area contributed by atoms with Crippen molar-refractivity contribution < 1.29 is 24.5 Å². The van der Waals surface area contributed by atoms with Crippen LogP contribution in [-0.4, -0.2) is 24.7 Å². The average Bonchev–Trinajstić information content (AvgIpc) is 3.72. The SMILES string of the molecule is [Ir].[c-]1ccc2c(oc3cc(-c4ccccc4)ccc32)c1-c1nc2ccnnc2n1-c1ccccc1.[c-]1ccccc1-c1ccccn1. The Morgan fingerprint density at radius 2 is 1.45 bits per heavy atom. The smallest absolute Gasteiger partial charge is 0.178 e. The van der Waals surface area contributed by atoms with E-state index in [0.717, 1.165) is 66.9 Å². The minimum atomic E-state index is 0. The molecule has 4 aromatic heterocycles. The molecular weight excluding hydrogens is 759 g/mol. The summed E-state index contributed by atoms with van der Waals surface area (Å²) in [5.41, 5.74) is 9.06. The molecule has 1 radical (unpaired) electrons. The van der Waals surface area contributed by atoms with Crippen molar-refractivity contribution in [2.45, 2.75) is 0 Å². The molecule has 9 rings (SSSR count). The van der Waals surface area contributed by atoms with Crippen LogP contribution in [0.5, 0.6) is 0 Å². The number of furan rings is 1. The first-order valence-corrected chi connectivity index (χ1v) is 14.9. The largest absolute Gasteiger partial charge is 0.501 e. The van der Waals surface area contributed by atoms with Gasteiger partial charge in [0.05, 0.1) is 17.6 Å². The van der Waals surface area contributed by atoms with E-state index in [0.29, 0.717) is 5.65 Å². The molecule has 9 aromatic rings. The van der Waals surface area contributed by atoms with Crippen LogP contribution in [0.15, 0.2) is 156 Å². The Hall–Kier alpha value is -5.75. The zero-order chi connectivity index (χ0) is 30.7. The topological polar surface area (TPSA) is 69.6 Å². The van der Waals surface area contributed by atoms with Crippen molar-refractivity contribution in [2.24, 2.45) is 0 Å². The van der Waals surface area contributed by atoms with Crippen molar-refractivity contribution in [3.05, 3.63) is 164 Å². The van der Waals surface area contributed by atoms with Gasteiger partial charge in [0.1, 0.15) is 11.1 Å². The number of hydrogen-bond donors (Lipinski definition) is 0. The number of rotatable bonds is 4.